The highest BCUT2D eigenvalue weighted by molar-refractivity contribution is 5.34. The number of aromatic nitrogens is 4. The molecule has 0 bridgehead atoms. The van der Waals surface area contributed by atoms with E-state index in [-0.39, 0.29) is 5.65 Å². The minimum atomic E-state index is -5.71. The minimum Gasteiger partial charge on any atom is -0.278 e. The second kappa shape index (κ2) is 3.09. The van der Waals surface area contributed by atoms with Crippen LogP contribution < -0.4 is 0 Å². The molecule has 0 aliphatic rings. The summed E-state index contributed by atoms with van der Waals surface area (Å²) in [5.41, 5.74) is -0.179. The van der Waals surface area contributed by atoms with Crippen molar-refractivity contribution in [2.24, 2.45) is 0 Å². The smallest absolute Gasteiger partial charge is 0.278 e. The van der Waals surface area contributed by atoms with Crippen LogP contribution in [0.5, 0.6) is 0 Å². The lowest BCUT2D eigenvalue weighted by Crippen LogP contribution is -2.35. The fraction of sp³-hybridized carbons (Fsp3) is 0.286. The van der Waals surface area contributed by atoms with E-state index in [1.54, 1.807) is 0 Å². The van der Waals surface area contributed by atoms with E-state index in [4.69, 9.17) is 0 Å². The third-order valence-electron chi connectivity index (χ3n) is 1.85. The zero-order valence-electron chi connectivity index (χ0n) is 7.41. The molecular weight excluding hydrogens is 235 g/mol. The van der Waals surface area contributed by atoms with Crippen molar-refractivity contribution in [2.45, 2.75) is 12.1 Å². The van der Waals surface area contributed by atoms with Crippen molar-refractivity contribution in [2.75, 3.05) is 0 Å². The Labute approximate surface area is 84.7 Å². The van der Waals surface area contributed by atoms with Crippen LogP contribution in [0, 0.1) is 0 Å². The Morgan fingerprint density at radius 2 is 1.75 bits per heavy atom. The van der Waals surface area contributed by atoms with Gasteiger partial charge in [-0.15, -0.1) is 10.2 Å². The van der Waals surface area contributed by atoms with Gasteiger partial charge in [-0.2, -0.15) is 22.0 Å². The SMILES string of the molecule is FC(F)(F)C(F)(F)c1nnc2cnccn12. The summed E-state index contributed by atoms with van der Waals surface area (Å²) in [6.07, 6.45) is -2.68. The van der Waals surface area contributed by atoms with Crippen molar-refractivity contribution in [3.8, 4) is 0 Å². The van der Waals surface area contributed by atoms with Crippen LogP contribution in [0.2, 0.25) is 0 Å². The second-order valence-corrected chi connectivity index (χ2v) is 2.90. The van der Waals surface area contributed by atoms with Gasteiger partial charge >= 0.3 is 12.1 Å². The molecule has 0 spiro atoms. The highest BCUT2D eigenvalue weighted by Gasteiger charge is 2.61. The first-order valence-electron chi connectivity index (χ1n) is 3.94. The van der Waals surface area contributed by atoms with Crippen LogP contribution in [0.1, 0.15) is 5.82 Å². The predicted octanol–water partition coefficient (Wildman–Crippen LogP) is 1.78. The quantitative estimate of drug-likeness (QED) is 0.711. The molecule has 4 nitrogen and oxygen atoms in total. The predicted molar refractivity (Wildman–Crippen MR) is 40.7 cm³/mol. The Hall–Kier alpha value is -1.80. The highest BCUT2D eigenvalue weighted by atomic mass is 19.4. The highest BCUT2D eigenvalue weighted by Crippen LogP contribution is 2.42. The van der Waals surface area contributed by atoms with E-state index >= 15 is 0 Å². The second-order valence-electron chi connectivity index (χ2n) is 2.90. The van der Waals surface area contributed by atoms with E-state index < -0.39 is 17.9 Å². The number of rotatable bonds is 1. The van der Waals surface area contributed by atoms with Crippen LogP contribution in [0.15, 0.2) is 18.6 Å². The van der Waals surface area contributed by atoms with Gasteiger partial charge in [-0.05, 0) is 0 Å². The summed E-state index contributed by atoms with van der Waals surface area (Å²) in [6, 6.07) is 0. The Balaban J connectivity index is 2.64. The average molecular weight is 238 g/mol. The third-order valence-corrected chi connectivity index (χ3v) is 1.85. The molecule has 0 saturated heterocycles. The zero-order chi connectivity index (χ0) is 12.0. The Kier molecular flexibility index (Phi) is 2.07. The first-order valence-corrected chi connectivity index (χ1v) is 3.94. The zero-order valence-corrected chi connectivity index (χ0v) is 7.41. The van der Waals surface area contributed by atoms with Crippen LogP contribution in [0.3, 0.4) is 0 Å². The maximum absolute atomic E-state index is 13.0. The summed E-state index contributed by atoms with van der Waals surface area (Å²) in [6.45, 7) is 0. The maximum Gasteiger partial charge on any atom is 0.461 e. The van der Waals surface area contributed by atoms with Gasteiger partial charge in [0.2, 0.25) is 5.82 Å². The molecule has 0 saturated carbocycles. The summed E-state index contributed by atoms with van der Waals surface area (Å²) in [4.78, 5) is 3.52. The molecule has 0 aliphatic carbocycles. The van der Waals surface area contributed by atoms with Crippen molar-refractivity contribution < 1.29 is 22.0 Å². The van der Waals surface area contributed by atoms with Crippen LogP contribution in [-0.2, 0) is 5.92 Å². The molecular formula is C7H3F5N4. The topological polar surface area (TPSA) is 43.1 Å². The Morgan fingerprint density at radius 3 is 2.38 bits per heavy atom. The van der Waals surface area contributed by atoms with E-state index in [2.05, 4.69) is 15.2 Å². The van der Waals surface area contributed by atoms with Crippen LogP contribution >= 0.6 is 0 Å². The minimum absolute atomic E-state index is 0.179. The van der Waals surface area contributed by atoms with Gasteiger partial charge < -0.3 is 0 Å². The van der Waals surface area contributed by atoms with Crippen molar-refractivity contribution in [1.29, 1.82) is 0 Å². The van der Waals surface area contributed by atoms with Gasteiger partial charge in [-0.3, -0.25) is 9.38 Å². The first kappa shape index (κ1) is 10.7. The van der Waals surface area contributed by atoms with E-state index in [1.807, 2.05) is 0 Å². The number of nitrogens with zero attached hydrogens (tertiary/aromatic N) is 4. The van der Waals surface area contributed by atoms with Gasteiger partial charge in [0, 0.05) is 12.4 Å². The monoisotopic (exact) mass is 238 g/mol. The Morgan fingerprint density at radius 1 is 1.06 bits per heavy atom. The molecule has 16 heavy (non-hydrogen) atoms. The average Bonchev–Trinajstić information content (AvgIpc) is 2.59. The van der Waals surface area contributed by atoms with Crippen molar-refractivity contribution >= 4 is 5.65 Å². The summed E-state index contributed by atoms with van der Waals surface area (Å²) in [5.74, 6) is -6.52. The van der Waals surface area contributed by atoms with Gasteiger partial charge in [0.25, 0.3) is 0 Å². The lowest BCUT2D eigenvalue weighted by atomic mass is 10.3. The molecule has 2 heterocycles. The molecule has 0 radical (unpaired) electrons. The molecule has 2 aromatic rings. The van der Waals surface area contributed by atoms with Crippen LogP contribution in [-0.4, -0.2) is 25.8 Å². The molecule has 2 aromatic heterocycles. The number of halogens is 5. The van der Waals surface area contributed by atoms with Gasteiger partial charge in [0.15, 0.2) is 5.65 Å². The third kappa shape index (κ3) is 1.39. The summed E-state index contributed by atoms with van der Waals surface area (Å²) in [7, 11) is 0. The van der Waals surface area contributed by atoms with E-state index in [9.17, 15) is 22.0 Å². The molecule has 86 valence electrons. The number of fused-ring (bicyclic) bond motifs is 1. The van der Waals surface area contributed by atoms with E-state index in [0.29, 0.717) is 4.40 Å². The van der Waals surface area contributed by atoms with Crippen LogP contribution in [0.4, 0.5) is 22.0 Å². The van der Waals surface area contributed by atoms with Crippen LogP contribution in [0.25, 0.3) is 5.65 Å². The molecule has 0 aromatic carbocycles. The van der Waals surface area contributed by atoms with E-state index in [1.165, 1.54) is 0 Å². The molecule has 9 heteroatoms. The lowest BCUT2D eigenvalue weighted by molar-refractivity contribution is -0.292. The molecule has 0 fully saturated rings. The molecule has 0 atom stereocenters. The normalized spacial score (nSPS) is 13.3. The van der Waals surface area contributed by atoms with Gasteiger partial charge in [-0.25, -0.2) is 0 Å². The molecule has 2 rings (SSSR count). The number of hydrogen-bond donors (Lipinski definition) is 0. The van der Waals surface area contributed by atoms with Crippen molar-refractivity contribution in [1.82, 2.24) is 19.6 Å². The first-order chi connectivity index (χ1) is 7.34. The summed E-state index contributed by atoms with van der Waals surface area (Å²) >= 11 is 0. The van der Waals surface area contributed by atoms with Gasteiger partial charge in [-0.1, -0.05) is 0 Å². The van der Waals surface area contributed by atoms with Gasteiger partial charge in [0.05, 0.1) is 6.20 Å². The number of alkyl halides is 5. The molecule has 0 unspecified atom stereocenters. The van der Waals surface area contributed by atoms with Gasteiger partial charge in [0.1, 0.15) is 0 Å². The molecule has 0 amide bonds. The fourth-order valence-electron chi connectivity index (χ4n) is 1.09. The lowest BCUT2D eigenvalue weighted by Gasteiger charge is -2.17. The maximum atomic E-state index is 13.0. The largest absolute Gasteiger partial charge is 0.461 e. The molecule has 0 aliphatic heterocycles. The standard InChI is InChI=1S/C7H3F5N4/c8-6(9,7(10,11)12)5-15-14-4-3-13-1-2-16(4)5/h1-3H. The number of hydrogen-bond acceptors (Lipinski definition) is 3. The summed E-state index contributed by atoms with van der Waals surface area (Å²) < 4.78 is 62.7. The fourth-order valence-corrected chi connectivity index (χ4v) is 1.09. The summed E-state index contributed by atoms with van der Waals surface area (Å²) in [5, 5.41) is 6.01. The van der Waals surface area contributed by atoms with Crippen molar-refractivity contribution in [3.63, 3.8) is 0 Å². The van der Waals surface area contributed by atoms with Crippen molar-refractivity contribution in [3.05, 3.63) is 24.4 Å². The van der Waals surface area contributed by atoms with E-state index in [0.717, 1.165) is 18.6 Å². The molecule has 0 N–H and O–H groups in total. The Bertz CT molecular complexity index is 517.